The zero-order valence-electron chi connectivity index (χ0n) is 12.9. The molecule has 23 heavy (non-hydrogen) atoms. The highest BCUT2D eigenvalue weighted by Crippen LogP contribution is 2.34. The zero-order valence-corrected chi connectivity index (χ0v) is 13.8. The number of nitrogens with two attached hydrogens (primary N) is 1. The second-order valence-electron chi connectivity index (χ2n) is 5.98. The summed E-state index contributed by atoms with van der Waals surface area (Å²) >= 11 is 0. The Morgan fingerprint density at radius 3 is 2.17 bits per heavy atom. The Morgan fingerprint density at radius 1 is 1.04 bits per heavy atom. The van der Waals surface area contributed by atoms with Gasteiger partial charge in [0.1, 0.15) is 6.61 Å². The first kappa shape index (κ1) is 17.6. The first-order valence-electron chi connectivity index (χ1n) is 7.62. The van der Waals surface area contributed by atoms with E-state index in [1.165, 1.54) is 0 Å². The molecule has 7 heteroatoms. The Morgan fingerprint density at radius 2 is 1.61 bits per heavy atom. The molecular formula is C16H22ClN3O3. The molecule has 2 amide bonds. The van der Waals surface area contributed by atoms with Crippen molar-refractivity contribution in [1.82, 2.24) is 9.80 Å². The van der Waals surface area contributed by atoms with Gasteiger partial charge in [-0.1, -0.05) is 30.3 Å². The van der Waals surface area contributed by atoms with E-state index in [0.717, 1.165) is 18.4 Å². The molecule has 0 radical (unpaired) electrons. The maximum atomic E-state index is 12.1. The van der Waals surface area contributed by atoms with E-state index in [1.807, 2.05) is 30.3 Å². The van der Waals surface area contributed by atoms with Crippen molar-refractivity contribution in [3.05, 3.63) is 35.9 Å². The van der Waals surface area contributed by atoms with Gasteiger partial charge in [0.15, 0.2) is 0 Å². The van der Waals surface area contributed by atoms with Crippen LogP contribution in [0.3, 0.4) is 0 Å². The number of nitrogens with zero attached hydrogens (tertiary/aromatic N) is 2. The summed E-state index contributed by atoms with van der Waals surface area (Å²) in [6.45, 7) is 2.31. The Bertz CT molecular complexity index is 555. The van der Waals surface area contributed by atoms with Gasteiger partial charge in [0.05, 0.1) is 5.54 Å². The van der Waals surface area contributed by atoms with Crippen LogP contribution in [0, 0.1) is 0 Å². The fraction of sp³-hybridized carbons (Fsp3) is 0.500. The van der Waals surface area contributed by atoms with Gasteiger partial charge in [0.2, 0.25) is 5.91 Å². The van der Waals surface area contributed by atoms with Crippen LogP contribution in [0.15, 0.2) is 30.3 Å². The monoisotopic (exact) mass is 339 g/mol. The van der Waals surface area contributed by atoms with Gasteiger partial charge in [0, 0.05) is 26.2 Å². The predicted molar refractivity (Wildman–Crippen MR) is 88.2 cm³/mol. The maximum Gasteiger partial charge on any atom is 0.410 e. The van der Waals surface area contributed by atoms with Gasteiger partial charge in [0.25, 0.3) is 0 Å². The average Bonchev–Trinajstić information content (AvgIpc) is 3.32. The fourth-order valence-electron chi connectivity index (χ4n) is 2.57. The van der Waals surface area contributed by atoms with Crippen molar-refractivity contribution in [1.29, 1.82) is 0 Å². The molecule has 1 saturated carbocycles. The summed E-state index contributed by atoms with van der Waals surface area (Å²) in [7, 11) is 0. The molecule has 1 aromatic carbocycles. The quantitative estimate of drug-likeness (QED) is 0.902. The van der Waals surface area contributed by atoms with E-state index < -0.39 is 5.54 Å². The summed E-state index contributed by atoms with van der Waals surface area (Å²) in [5, 5.41) is 0. The molecule has 1 saturated heterocycles. The third-order valence-corrected chi connectivity index (χ3v) is 4.24. The molecule has 2 aliphatic rings. The Kier molecular flexibility index (Phi) is 5.49. The van der Waals surface area contributed by atoms with Gasteiger partial charge < -0.3 is 20.3 Å². The standard InChI is InChI=1S/C16H21N3O3.ClH/c17-16(6-7-16)14(20)18-8-10-19(11-9-18)15(21)22-12-13-4-2-1-3-5-13;/h1-5H,6-12,17H2;1H. The molecule has 2 fully saturated rings. The van der Waals surface area contributed by atoms with Gasteiger partial charge in [-0.15, -0.1) is 12.4 Å². The molecule has 0 bridgehead atoms. The highest BCUT2D eigenvalue weighted by atomic mass is 35.5. The third-order valence-electron chi connectivity index (χ3n) is 4.24. The normalized spacial score (nSPS) is 18.8. The first-order chi connectivity index (χ1) is 10.6. The van der Waals surface area contributed by atoms with Crippen molar-refractivity contribution >= 4 is 24.4 Å². The largest absolute Gasteiger partial charge is 0.445 e. The van der Waals surface area contributed by atoms with Crippen molar-refractivity contribution in [2.24, 2.45) is 5.73 Å². The molecule has 1 aromatic rings. The highest BCUT2D eigenvalue weighted by Gasteiger charge is 2.48. The van der Waals surface area contributed by atoms with Crippen LogP contribution in [0.5, 0.6) is 0 Å². The van der Waals surface area contributed by atoms with Crippen LogP contribution in [0.25, 0.3) is 0 Å². The molecule has 0 unspecified atom stereocenters. The van der Waals surface area contributed by atoms with Crippen LogP contribution in [0.2, 0.25) is 0 Å². The number of hydrogen-bond acceptors (Lipinski definition) is 4. The van der Waals surface area contributed by atoms with E-state index in [1.54, 1.807) is 9.80 Å². The van der Waals surface area contributed by atoms with Gasteiger partial charge in [-0.05, 0) is 18.4 Å². The molecule has 0 atom stereocenters. The second-order valence-corrected chi connectivity index (χ2v) is 5.98. The van der Waals surface area contributed by atoms with Gasteiger partial charge >= 0.3 is 6.09 Å². The molecule has 126 valence electrons. The Hall–Kier alpha value is -1.79. The number of ether oxygens (including phenoxy) is 1. The lowest BCUT2D eigenvalue weighted by atomic mass is 10.2. The number of halogens is 1. The third kappa shape index (κ3) is 4.14. The van der Waals surface area contributed by atoms with Gasteiger partial charge in [-0.3, -0.25) is 4.79 Å². The molecule has 0 aromatic heterocycles. The van der Waals surface area contributed by atoms with Crippen LogP contribution >= 0.6 is 12.4 Å². The highest BCUT2D eigenvalue weighted by molar-refractivity contribution is 5.89. The van der Waals surface area contributed by atoms with E-state index >= 15 is 0 Å². The number of rotatable bonds is 3. The maximum absolute atomic E-state index is 12.1. The molecule has 6 nitrogen and oxygen atoms in total. The van der Waals surface area contributed by atoms with E-state index in [-0.39, 0.29) is 31.0 Å². The van der Waals surface area contributed by atoms with Crippen molar-refractivity contribution in [3.8, 4) is 0 Å². The van der Waals surface area contributed by atoms with E-state index in [0.29, 0.717) is 26.2 Å². The molecule has 0 spiro atoms. The first-order valence-corrected chi connectivity index (χ1v) is 7.62. The number of benzene rings is 1. The minimum absolute atomic E-state index is 0. The van der Waals surface area contributed by atoms with Crippen molar-refractivity contribution in [2.75, 3.05) is 26.2 Å². The van der Waals surface area contributed by atoms with Gasteiger partial charge in [-0.25, -0.2) is 4.79 Å². The number of piperazine rings is 1. The smallest absolute Gasteiger partial charge is 0.410 e. The van der Waals surface area contributed by atoms with E-state index in [9.17, 15) is 9.59 Å². The van der Waals surface area contributed by atoms with Crippen molar-refractivity contribution in [2.45, 2.75) is 25.0 Å². The summed E-state index contributed by atoms with van der Waals surface area (Å²) in [6.07, 6.45) is 1.21. The predicted octanol–water partition coefficient (Wildman–Crippen LogP) is 1.38. The lowest BCUT2D eigenvalue weighted by Gasteiger charge is -2.35. The Labute approximate surface area is 142 Å². The molecule has 3 rings (SSSR count). The average molecular weight is 340 g/mol. The minimum atomic E-state index is -0.629. The molecule has 1 heterocycles. The molecule has 2 N–H and O–H groups in total. The molecular weight excluding hydrogens is 318 g/mol. The van der Waals surface area contributed by atoms with E-state index in [2.05, 4.69) is 0 Å². The van der Waals surface area contributed by atoms with Gasteiger partial charge in [-0.2, -0.15) is 0 Å². The van der Waals surface area contributed by atoms with E-state index in [4.69, 9.17) is 10.5 Å². The summed E-state index contributed by atoms with van der Waals surface area (Å²) in [4.78, 5) is 27.6. The number of carbonyl (C=O) groups excluding carboxylic acids is 2. The number of carbonyl (C=O) groups is 2. The minimum Gasteiger partial charge on any atom is -0.445 e. The fourth-order valence-corrected chi connectivity index (χ4v) is 2.57. The van der Waals surface area contributed by atoms with Crippen LogP contribution < -0.4 is 5.73 Å². The zero-order chi connectivity index (χ0) is 15.6. The van der Waals surface area contributed by atoms with Crippen molar-refractivity contribution < 1.29 is 14.3 Å². The lowest BCUT2D eigenvalue weighted by molar-refractivity contribution is -0.135. The molecule has 1 aliphatic carbocycles. The Balaban J connectivity index is 0.00000192. The lowest BCUT2D eigenvalue weighted by Crippen LogP contribution is -2.55. The number of hydrogen-bond donors (Lipinski definition) is 1. The second kappa shape index (κ2) is 7.19. The summed E-state index contributed by atoms with van der Waals surface area (Å²) in [5.74, 6) is 0.0183. The molecule has 1 aliphatic heterocycles. The van der Waals surface area contributed by atoms with Crippen LogP contribution in [0.1, 0.15) is 18.4 Å². The SMILES string of the molecule is Cl.NC1(C(=O)N2CCN(C(=O)OCc3ccccc3)CC2)CC1. The van der Waals surface area contributed by atoms with Crippen LogP contribution in [0.4, 0.5) is 4.79 Å². The van der Waals surface area contributed by atoms with Crippen LogP contribution in [-0.4, -0.2) is 53.5 Å². The summed E-state index contributed by atoms with van der Waals surface area (Å²) in [5.41, 5.74) is 6.26. The number of amides is 2. The topological polar surface area (TPSA) is 75.9 Å². The van der Waals surface area contributed by atoms with Crippen LogP contribution in [-0.2, 0) is 16.1 Å². The summed E-state index contributed by atoms with van der Waals surface area (Å²) < 4.78 is 5.30. The summed E-state index contributed by atoms with van der Waals surface area (Å²) in [6, 6.07) is 9.58. The van der Waals surface area contributed by atoms with Crippen molar-refractivity contribution in [3.63, 3.8) is 0 Å².